The number of carbonyl (C=O) groups is 1. The van der Waals surface area contributed by atoms with Crippen LogP contribution in [-0.4, -0.2) is 23.5 Å². The molecule has 0 atom stereocenters. The van der Waals surface area contributed by atoms with Gasteiger partial charge in [-0.2, -0.15) is 0 Å². The summed E-state index contributed by atoms with van der Waals surface area (Å²) in [5.74, 6) is 0.691. The number of amides is 1. The average molecular weight is 261 g/mol. The molecule has 0 aromatic carbocycles. The summed E-state index contributed by atoms with van der Waals surface area (Å²) in [5, 5.41) is 6.34. The summed E-state index contributed by atoms with van der Waals surface area (Å²) in [4.78, 5) is 16.6. The van der Waals surface area contributed by atoms with Crippen LogP contribution in [0.15, 0.2) is 18.3 Å². The Bertz CT molecular complexity index is 414. The van der Waals surface area contributed by atoms with Gasteiger partial charge in [-0.05, 0) is 31.4 Å². The SMILES string of the molecule is CCCNc1ncccc1C(=O)NC1CCCCC1. The van der Waals surface area contributed by atoms with Crippen LogP contribution in [0, 0.1) is 0 Å². The Morgan fingerprint density at radius 3 is 2.89 bits per heavy atom. The second-order valence-electron chi connectivity index (χ2n) is 5.13. The van der Waals surface area contributed by atoms with Gasteiger partial charge in [0.25, 0.3) is 5.91 Å². The summed E-state index contributed by atoms with van der Waals surface area (Å²) in [6, 6.07) is 3.98. The topological polar surface area (TPSA) is 54.0 Å². The smallest absolute Gasteiger partial charge is 0.255 e. The lowest BCUT2D eigenvalue weighted by atomic mass is 9.95. The molecule has 1 amide bonds. The zero-order valence-corrected chi connectivity index (χ0v) is 11.6. The van der Waals surface area contributed by atoms with E-state index in [2.05, 4.69) is 22.5 Å². The molecule has 2 rings (SSSR count). The number of hydrogen-bond donors (Lipinski definition) is 2. The van der Waals surface area contributed by atoms with Gasteiger partial charge in [0, 0.05) is 18.8 Å². The molecule has 0 spiro atoms. The number of aromatic nitrogens is 1. The predicted molar refractivity (Wildman–Crippen MR) is 77.4 cm³/mol. The fourth-order valence-corrected chi connectivity index (χ4v) is 2.48. The molecule has 19 heavy (non-hydrogen) atoms. The second kappa shape index (κ2) is 7.12. The standard InChI is InChI=1S/C15H23N3O/c1-2-10-16-14-13(9-6-11-17-14)15(19)18-12-7-4-3-5-8-12/h6,9,11-12H,2-5,7-8,10H2,1H3,(H,16,17)(H,18,19). The number of nitrogens with one attached hydrogen (secondary N) is 2. The lowest BCUT2D eigenvalue weighted by Gasteiger charge is -2.23. The first-order chi connectivity index (χ1) is 9.31. The van der Waals surface area contributed by atoms with Crippen LogP contribution in [0.5, 0.6) is 0 Å². The van der Waals surface area contributed by atoms with Crippen molar-refractivity contribution in [3.05, 3.63) is 23.9 Å². The molecule has 1 aliphatic rings. The summed E-state index contributed by atoms with van der Waals surface area (Å²) in [7, 11) is 0. The summed E-state index contributed by atoms with van der Waals surface area (Å²) >= 11 is 0. The third-order valence-corrected chi connectivity index (χ3v) is 3.54. The lowest BCUT2D eigenvalue weighted by molar-refractivity contribution is 0.0928. The van der Waals surface area contributed by atoms with E-state index < -0.39 is 0 Å². The molecule has 0 aliphatic heterocycles. The van der Waals surface area contributed by atoms with Gasteiger partial charge in [-0.15, -0.1) is 0 Å². The van der Waals surface area contributed by atoms with Gasteiger partial charge in [0.05, 0.1) is 5.56 Å². The van der Waals surface area contributed by atoms with E-state index in [9.17, 15) is 4.79 Å². The molecular weight excluding hydrogens is 238 g/mol. The van der Waals surface area contributed by atoms with E-state index in [1.807, 2.05) is 12.1 Å². The van der Waals surface area contributed by atoms with Gasteiger partial charge in [-0.25, -0.2) is 4.98 Å². The van der Waals surface area contributed by atoms with E-state index in [0.29, 0.717) is 17.4 Å². The minimum atomic E-state index is -0.00129. The number of hydrogen-bond acceptors (Lipinski definition) is 3. The molecule has 1 aliphatic carbocycles. The highest BCUT2D eigenvalue weighted by Gasteiger charge is 2.18. The summed E-state index contributed by atoms with van der Waals surface area (Å²) in [6.07, 6.45) is 8.67. The fourth-order valence-electron chi connectivity index (χ4n) is 2.48. The predicted octanol–water partition coefficient (Wildman–Crippen LogP) is 2.97. The van der Waals surface area contributed by atoms with Crippen LogP contribution < -0.4 is 10.6 Å². The van der Waals surface area contributed by atoms with Gasteiger partial charge in [-0.3, -0.25) is 4.79 Å². The first-order valence-electron chi connectivity index (χ1n) is 7.31. The molecule has 104 valence electrons. The molecule has 0 bridgehead atoms. The minimum absolute atomic E-state index is 0.00129. The van der Waals surface area contributed by atoms with Crippen LogP contribution in [0.2, 0.25) is 0 Å². The Hall–Kier alpha value is -1.58. The van der Waals surface area contributed by atoms with Crippen LogP contribution in [0.4, 0.5) is 5.82 Å². The van der Waals surface area contributed by atoms with Crippen LogP contribution in [0.1, 0.15) is 55.8 Å². The maximum atomic E-state index is 12.3. The maximum absolute atomic E-state index is 12.3. The van der Waals surface area contributed by atoms with Gasteiger partial charge in [0.2, 0.25) is 0 Å². The van der Waals surface area contributed by atoms with E-state index >= 15 is 0 Å². The van der Waals surface area contributed by atoms with E-state index in [4.69, 9.17) is 0 Å². The number of carbonyl (C=O) groups excluding carboxylic acids is 1. The Labute approximate surface area is 115 Å². The quantitative estimate of drug-likeness (QED) is 0.856. The molecule has 1 aromatic rings. The van der Waals surface area contributed by atoms with Crippen LogP contribution in [-0.2, 0) is 0 Å². The van der Waals surface area contributed by atoms with Gasteiger partial charge in [-0.1, -0.05) is 26.2 Å². The zero-order valence-electron chi connectivity index (χ0n) is 11.6. The molecule has 1 heterocycles. The highest BCUT2D eigenvalue weighted by atomic mass is 16.1. The molecule has 4 heteroatoms. The number of nitrogens with zero attached hydrogens (tertiary/aromatic N) is 1. The normalized spacial score (nSPS) is 16.1. The molecule has 1 saturated carbocycles. The van der Waals surface area contributed by atoms with E-state index in [1.165, 1.54) is 19.3 Å². The molecule has 4 nitrogen and oxygen atoms in total. The van der Waals surface area contributed by atoms with Crippen molar-refractivity contribution in [3.63, 3.8) is 0 Å². The van der Waals surface area contributed by atoms with Crippen molar-refractivity contribution < 1.29 is 4.79 Å². The summed E-state index contributed by atoms with van der Waals surface area (Å²) in [6.45, 7) is 2.93. The number of pyridine rings is 1. The van der Waals surface area contributed by atoms with Crippen molar-refractivity contribution >= 4 is 11.7 Å². The Balaban J connectivity index is 2.00. The van der Waals surface area contributed by atoms with Gasteiger partial charge >= 0.3 is 0 Å². The van der Waals surface area contributed by atoms with Crippen LogP contribution in [0.3, 0.4) is 0 Å². The van der Waals surface area contributed by atoms with Crippen molar-refractivity contribution in [2.75, 3.05) is 11.9 Å². The maximum Gasteiger partial charge on any atom is 0.255 e. The number of rotatable bonds is 5. The van der Waals surface area contributed by atoms with Crippen LogP contribution in [0.25, 0.3) is 0 Å². The first-order valence-corrected chi connectivity index (χ1v) is 7.31. The summed E-state index contributed by atoms with van der Waals surface area (Å²) < 4.78 is 0. The van der Waals surface area contributed by atoms with Crippen molar-refractivity contribution in [1.82, 2.24) is 10.3 Å². The molecular formula is C15H23N3O. The minimum Gasteiger partial charge on any atom is -0.369 e. The van der Waals surface area contributed by atoms with Crippen molar-refractivity contribution in [2.24, 2.45) is 0 Å². The molecule has 1 aromatic heterocycles. The Morgan fingerprint density at radius 1 is 1.37 bits per heavy atom. The van der Waals surface area contributed by atoms with E-state index in [1.54, 1.807) is 6.20 Å². The number of anilines is 1. The molecule has 0 unspecified atom stereocenters. The molecule has 0 radical (unpaired) electrons. The third-order valence-electron chi connectivity index (χ3n) is 3.54. The van der Waals surface area contributed by atoms with Gasteiger partial charge in [0.15, 0.2) is 0 Å². The lowest BCUT2D eigenvalue weighted by Crippen LogP contribution is -2.36. The van der Waals surface area contributed by atoms with Gasteiger partial charge in [0.1, 0.15) is 5.82 Å². The van der Waals surface area contributed by atoms with E-state index in [0.717, 1.165) is 25.8 Å². The van der Waals surface area contributed by atoms with Crippen molar-refractivity contribution in [1.29, 1.82) is 0 Å². The second-order valence-corrected chi connectivity index (χ2v) is 5.13. The fraction of sp³-hybridized carbons (Fsp3) is 0.600. The Kier molecular flexibility index (Phi) is 5.19. The average Bonchev–Trinajstić information content (AvgIpc) is 2.46. The van der Waals surface area contributed by atoms with Crippen molar-refractivity contribution in [3.8, 4) is 0 Å². The zero-order chi connectivity index (χ0) is 13.5. The summed E-state index contributed by atoms with van der Waals surface area (Å²) in [5.41, 5.74) is 0.654. The van der Waals surface area contributed by atoms with Crippen molar-refractivity contribution in [2.45, 2.75) is 51.5 Å². The van der Waals surface area contributed by atoms with Gasteiger partial charge < -0.3 is 10.6 Å². The van der Waals surface area contributed by atoms with Crippen LogP contribution >= 0.6 is 0 Å². The third kappa shape index (κ3) is 3.94. The molecule has 1 fully saturated rings. The molecule has 2 N–H and O–H groups in total. The first kappa shape index (κ1) is 13.8. The monoisotopic (exact) mass is 261 g/mol. The highest BCUT2D eigenvalue weighted by Crippen LogP contribution is 2.19. The Morgan fingerprint density at radius 2 is 2.16 bits per heavy atom. The van der Waals surface area contributed by atoms with E-state index in [-0.39, 0.29) is 5.91 Å². The highest BCUT2D eigenvalue weighted by molar-refractivity contribution is 5.98. The molecule has 0 saturated heterocycles. The largest absolute Gasteiger partial charge is 0.369 e.